The highest BCUT2D eigenvalue weighted by Crippen LogP contribution is 2.33. The normalized spacial score (nSPS) is 21.0. The summed E-state index contributed by atoms with van der Waals surface area (Å²) in [6.45, 7) is 0.734. The van der Waals surface area contributed by atoms with Crippen molar-refractivity contribution in [2.75, 3.05) is 18.6 Å². The van der Waals surface area contributed by atoms with Crippen molar-refractivity contribution >= 4 is 5.69 Å². The molecule has 1 saturated heterocycles. The summed E-state index contributed by atoms with van der Waals surface area (Å²) in [5.41, 5.74) is 2.51. The molecule has 3 rings (SSSR count). The van der Waals surface area contributed by atoms with Crippen LogP contribution in [0.15, 0.2) is 42.9 Å². The Morgan fingerprint density at radius 2 is 2.24 bits per heavy atom. The van der Waals surface area contributed by atoms with Gasteiger partial charge in [-0.3, -0.25) is 4.98 Å². The topological polar surface area (TPSA) is 62.0 Å². The quantitative estimate of drug-likeness (QED) is 0.863. The van der Waals surface area contributed by atoms with Gasteiger partial charge in [0.25, 0.3) is 0 Å². The van der Waals surface area contributed by atoms with E-state index in [9.17, 15) is 0 Å². The van der Waals surface area contributed by atoms with Gasteiger partial charge < -0.3 is 9.64 Å². The standard InChI is InChI=1S/C16H16N4O/c1-20(14-5-4-13(9-17)19-11-14)15-6-8-21-16(15)12-3-2-7-18-10-12/h2-5,7,10-11,15-16H,6,8H2,1H3/t15-,16+/m0/s1. The van der Waals surface area contributed by atoms with E-state index in [0.717, 1.165) is 24.3 Å². The molecule has 0 radical (unpaired) electrons. The highest BCUT2D eigenvalue weighted by Gasteiger charge is 2.33. The third-order valence-corrected chi connectivity index (χ3v) is 3.84. The van der Waals surface area contributed by atoms with Gasteiger partial charge in [-0.1, -0.05) is 6.07 Å². The number of rotatable bonds is 3. The van der Waals surface area contributed by atoms with Crippen molar-refractivity contribution < 1.29 is 4.74 Å². The molecule has 1 aliphatic rings. The van der Waals surface area contributed by atoms with Crippen molar-refractivity contribution in [3.05, 3.63) is 54.1 Å². The van der Waals surface area contributed by atoms with E-state index in [-0.39, 0.29) is 12.1 Å². The molecule has 0 N–H and O–H groups in total. The Balaban J connectivity index is 1.82. The average molecular weight is 280 g/mol. The van der Waals surface area contributed by atoms with Crippen molar-refractivity contribution in [2.24, 2.45) is 0 Å². The molecule has 0 saturated carbocycles. The third kappa shape index (κ3) is 2.71. The maximum atomic E-state index is 8.82. The molecule has 2 atom stereocenters. The van der Waals surface area contributed by atoms with Gasteiger partial charge in [0.15, 0.2) is 0 Å². The Kier molecular flexibility index (Phi) is 3.80. The van der Waals surface area contributed by atoms with Gasteiger partial charge in [-0.05, 0) is 24.6 Å². The van der Waals surface area contributed by atoms with Crippen LogP contribution in [-0.2, 0) is 4.74 Å². The van der Waals surface area contributed by atoms with E-state index in [1.807, 2.05) is 37.5 Å². The van der Waals surface area contributed by atoms with Gasteiger partial charge in [0.1, 0.15) is 17.9 Å². The summed E-state index contributed by atoms with van der Waals surface area (Å²) >= 11 is 0. The first-order valence-electron chi connectivity index (χ1n) is 6.90. The fourth-order valence-corrected chi connectivity index (χ4v) is 2.69. The van der Waals surface area contributed by atoms with Crippen molar-refractivity contribution in [3.8, 4) is 6.07 Å². The van der Waals surface area contributed by atoms with E-state index >= 15 is 0 Å². The van der Waals surface area contributed by atoms with Gasteiger partial charge in [0, 0.05) is 31.6 Å². The molecule has 3 heterocycles. The molecule has 0 aliphatic carbocycles. The van der Waals surface area contributed by atoms with E-state index in [2.05, 4.69) is 14.9 Å². The minimum atomic E-state index is 0.0133. The summed E-state index contributed by atoms with van der Waals surface area (Å²) < 4.78 is 5.88. The summed E-state index contributed by atoms with van der Waals surface area (Å²) in [5, 5.41) is 8.82. The number of hydrogen-bond donors (Lipinski definition) is 0. The van der Waals surface area contributed by atoms with Gasteiger partial charge >= 0.3 is 0 Å². The summed E-state index contributed by atoms with van der Waals surface area (Å²) in [6, 6.07) is 9.90. The fraction of sp³-hybridized carbons (Fsp3) is 0.312. The molecule has 0 spiro atoms. The van der Waals surface area contributed by atoms with Crippen LogP contribution in [0.2, 0.25) is 0 Å². The van der Waals surface area contributed by atoms with E-state index in [4.69, 9.17) is 10.00 Å². The summed E-state index contributed by atoms with van der Waals surface area (Å²) in [5.74, 6) is 0. The predicted octanol–water partition coefficient (Wildman–Crippen LogP) is 2.31. The van der Waals surface area contributed by atoms with Gasteiger partial charge in [-0.15, -0.1) is 0 Å². The maximum absolute atomic E-state index is 8.82. The second-order valence-corrected chi connectivity index (χ2v) is 5.06. The molecule has 0 amide bonds. The number of nitrogens with zero attached hydrogens (tertiary/aromatic N) is 4. The average Bonchev–Trinajstić information content (AvgIpc) is 3.04. The second-order valence-electron chi connectivity index (χ2n) is 5.06. The first-order valence-corrected chi connectivity index (χ1v) is 6.90. The monoisotopic (exact) mass is 280 g/mol. The largest absolute Gasteiger partial charge is 0.371 e. The van der Waals surface area contributed by atoms with Gasteiger partial charge in [-0.25, -0.2) is 4.98 Å². The minimum absolute atomic E-state index is 0.0133. The fourth-order valence-electron chi connectivity index (χ4n) is 2.69. The molecular formula is C16H16N4O. The molecule has 2 aromatic rings. The molecule has 5 heteroatoms. The van der Waals surface area contributed by atoms with Gasteiger partial charge in [-0.2, -0.15) is 5.26 Å². The molecule has 0 bridgehead atoms. The third-order valence-electron chi connectivity index (χ3n) is 3.84. The zero-order chi connectivity index (χ0) is 14.7. The van der Waals surface area contributed by atoms with Gasteiger partial charge in [0.2, 0.25) is 0 Å². The number of hydrogen-bond acceptors (Lipinski definition) is 5. The lowest BCUT2D eigenvalue weighted by Gasteiger charge is -2.30. The number of nitriles is 1. The zero-order valence-corrected chi connectivity index (χ0v) is 11.8. The Labute approximate surface area is 123 Å². The number of aromatic nitrogens is 2. The molecule has 2 aromatic heterocycles. The van der Waals surface area contributed by atoms with Crippen LogP contribution >= 0.6 is 0 Å². The van der Waals surface area contributed by atoms with Crippen LogP contribution in [0.4, 0.5) is 5.69 Å². The first kappa shape index (κ1) is 13.5. The molecule has 5 nitrogen and oxygen atoms in total. The van der Waals surface area contributed by atoms with Crippen LogP contribution in [0.5, 0.6) is 0 Å². The number of likely N-dealkylation sites (N-methyl/N-ethyl adjacent to an activating group) is 1. The predicted molar refractivity (Wildman–Crippen MR) is 78.7 cm³/mol. The second kappa shape index (κ2) is 5.90. The van der Waals surface area contributed by atoms with E-state index in [1.54, 1.807) is 18.5 Å². The molecule has 21 heavy (non-hydrogen) atoms. The first-order chi connectivity index (χ1) is 10.3. The Bertz CT molecular complexity index is 636. The zero-order valence-electron chi connectivity index (χ0n) is 11.8. The van der Waals surface area contributed by atoms with Crippen LogP contribution in [0.25, 0.3) is 0 Å². The molecule has 0 aromatic carbocycles. The lowest BCUT2D eigenvalue weighted by molar-refractivity contribution is 0.104. The van der Waals surface area contributed by atoms with Crippen molar-refractivity contribution in [1.29, 1.82) is 5.26 Å². The highest BCUT2D eigenvalue weighted by atomic mass is 16.5. The summed E-state index contributed by atoms with van der Waals surface area (Å²) in [6.07, 6.45) is 6.32. The van der Waals surface area contributed by atoms with Gasteiger partial charge in [0.05, 0.1) is 17.9 Å². The molecule has 1 fully saturated rings. The van der Waals surface area contributed by atoms with E-state index in [0.29, 0.717) is 5.69 Å². The lowest BCUT2D eigenvalue weighted by Crippen LogP contribution is -2.34. The van der Waals surface area contributed by atoms with Crippen molar-refractivity contribution in [2.45, 2.75) is 18.6 Å². The molecular weight excluding hydrogens is 264 g/mol. The Morgan fingerprint density at radius 3 is 2.90 bits per heavy atom. The van der Waals surface area contributed by atoms with E-state index < -0.39 is 0 Å². The van der Waals surface area contributed by atoms with Crippen molar-refractivity contribution in [1.82, 2.24) is 9.97 Å². The van der Waals surface area contributed by atoms with Crippen LogP contribution in [0, 0.1) is 11.3 Å². The number of ether oxygens (including phenoxy) is 1. The van der Waals surface area contributed by atoms with Crippen LogP contribution in [-0.4, -0.2) is 29.7 Å². The SMILES string of the molecule is CN(c1ccc(C#N)nc1)[C@H]1CCO[C@@H]1c1cccnc1. The highest BCUT2D eigenvalue weighted by molar-refractivity contribution is 5.47. The smallest absolute Gasteiger partial charge is 0.140 e. The molecule has 106 valence electrons. The number of anilines is 1. The Hall–Kier alpha value is -2.45. The van der Waals surface area contributed by atoms with Crippen LogP contribution in [0.3, 0.4) is 0 Å². The van der Waals surface area contributed by atoms with Crippen molar-refractivity contribution in [3.63, 3.8) is 0 Å². The molecule has 0 unspecified atom stereocenters. The van der Waals surface area contributed by atoms with Crippen LogP contribution < -0.4 is 4.90 Å². The molecule has 1 aliphatic heterocycles. The lowest BCUT2D eigenvalue weighted by atomic mass is 10.0. The summed E-state index contributed by atoms with van der Waals surface area (Å²) in [7, 11) is 2.03. The van der Waals surface area contributed by atoms with Crippen LogP contribution in [0.1, 0.15) is 23.8 Å². The minimum Gasteiger partial charge on any atom is -0.371 e. The Morgan fingerprint density at radius 1 is 1.33 bits per heavy atom. The van der Waals surface area contributed by atoms with E-state index in [1.165, 1.54) is 0 Å². The number of pyridine rings is 2. The summed E-state index contributed by atoms with van der Waals surface area (Å²) in [4.78, 5) is 10.5. The maximum Gasteiger partial charge on any atom is 0.140 e.